The summed E-state index contributed by atoms with van der Waals surface area (Å²) in [7, 11) is 0. The van der Waals surface area contributed by atoms with Gasteiger partial charge in [0, 0.05) is 24.5 Å². The van der Waals surface area contributed by atoms with E-state index in [9.17, 15) is 9.90 Å². The van der Waals surface area contributed by atoms with Crippen LogP contribution in [-0.4, -0.2) is 29.1 Å². The van der Waals surface area contributed by atoms with Gasteiger partial charge in [-0.3, -0.25) is 9.69 Å². The third-order valence-corrected chi connectivity index (χ3v) is 4.96. The van der Waals surface area contributed by atoms with Crippen LogP contribution in [0.25, 0.3) is 0 Å². The number of carbonyl (C=O) groups is 1. The first kappa shape index (κ1) is 13.6. The largest absolute Gasteiger partial charge is 0.481 e. The highest BCUT2D eigenvalue weighted by Gasteiger charge is 2.39. The molecule has 18 heavy (non-hydrogen) atoms. The van der Waals surface area contributed by atoms with Crippen LogP contribution in [0, 0.1) is 24.7 Å². The lowest BCUT2D eigenvalue weighted by molar-refractivity contribution is -0.143. The quantitative estimate of drug-likeness (QED) is 0.912. The molecule has 1 aliphatic rings. The molecule has 2 atom stereocenters. The normalized spacial score (nSPS) is 24.9. The van der Waals surface area contributed by atoms with Gasteiger partial charge >= 0.3 is 5.97 Å². The van der Waals surface area contributed by atoms with Crippen molar-refractivity contribution in [2.75, 3.05) is 13.1 Å². The molecule has 4 heteroatoms. The maximum absolute atomic E-state index is 11.3. The van der Waals surface area contributed by atoms with Gasteiger partial charge in [-0.25, -0.2) is 0 Å². The third-order valence-electron chi connectivity index (χ3n) is 3.95. The first-order valence-corrected chi connectivity index (χ1v) is 7.35. The molecule has 0 aromatic carbocycles. The highest BCUT2D eigenvalue weighted by molar-refractivity contribution is 7.10. The van der Waals surface area contributed by atoms with Crippen LogP contribution in [0.15, 0.2) is 11.4 Å². The average molecular weight is 267 g/mol. The molecule has 1 fully saturated rings. The Morgan fingerprint density at radius 2 is 2.28 bits per heavy atom. The standard InChI is InChI=1S/C14H21NO2S/c1-9(2)11-6-15(7-12(11)14(16)17)8-13-10(3)4-5-18-13/h4-5,9,11-12H,6-8H2,1-3H3,(H,16,17)/t11-,12+/m0/s1. The van der Waals surface area contributed by atoms with Gasteiger partial charge < -0.3 is 5.11 Å². The molecular weight excluding hydrogens is 246 g/mol. The van der Waals surface area contributed by atoms with Crippen molar-refractivity contribution in [1.29, 1.82) is 0 Å². The maximum Gasteiger partial charge on any atom is 0.308 e. The van der Waals surface area contributed by atoms with Crippen LogP contribution in [-0.2, 0) is 11.3 Å². The van der Waals surface area contributed by atoms with Gasteiger partial charge in [0.2, 0.25) is 0 Å². The summed E-state index contributed by atoms with van der Waals surface area (Å²) in [5.74, 6) is -0.132. The van der Waals surface area contributed by atoms with E-state index in [1.165, 1.54) is 10.4 Å². The first-order chi connectivity index (χ1) is 8.49. The van der Waals surface area contributed by atoms with Crippen molar-refractivity contribution in [3.63, 3.8) is 0 Å². The van der Waals surface area contributed by atoms with Crippen molar-refractivity contribution in [2.45, 2.75) is 27.3 Å². The second-order valence-electron chi connectivity index (χ2n) is 5.57. The molecule has 1 N–H and O–H groups in total. The smallest absolute Gasteiger partial charge is 0.308 e. The predicted molar refractivity (Wildman–Crippen MR) is 73.8 cm³/mol. The van der Waals surface area contributed by atoms with Gasteiger partial charge in [-0.1, -0.05) is 13.8 Å². The Morgan fingerprint density at radius 3 is 2.72 bits per heavy atom. The van der Waals surface area contributed by atoms with Gasteiger partial charge in [0.05, 0.1) is 5.92 Å². The Hall–Kier alpha value is -0.870. The molecule has 100 valence electrons. The Morgan fingerprint density at radius 1 is 1.56 bits per heavy atom. The zero-order valence-corrected chi connectivity index (χ0v) is 12.0. The van der Waals surface area contributed by atoms with E-state index in [-0.39, 0.29) is 11.8 Å². The molecule has 0 bridgehead atoms. The summed E-state index contributed by atoms with van der Waals surface area (Å²) in [5, 5.41) is 11.4. The highest BCUT2D eigenvalue weighted by Crippen LogP contribution is 2.31. The molecule has 0 spiro atoms. The highest BCUT2D eigenvalue weighted by atomic mass is 32.1. The molecule has 0 amide bonds. The summed E-state index contributed by atoms with van der Waals surface area (Å²) in [6.07, 6.45) is 0. The molecule has 2 heterocycles. The van der Waals surface area contributed by atoms with Crippen LogP contribution < -0.4 is 0 Å². The number of carboxylic acid groups (broad SMARTS) is 1. The molecule has 3 nitrogen and oxygen atoms in total. The van der Waals surface area contributed by atoms with Gasteiger partial charge in [-0.15, -0.1) is 11.3 Å². The van der Waals surface area contributed by atoms with Gasteiger partial charge in [-0.05, 0) is 35.8 Å². The number of nitrogens with zero attached hydrogens (tertiary/aromatic N) is 1. The zero-order chi connectivity index (χ0) is 13.3. The fourth-order valence-electron chi connectivity index (χ4n) is 2.75. The van der Waals surface area contributed by atoms with E-state index in [1.807, 2.05) is 0 Å². The number of hydrogen-bond donors (Lipinski definition) is 1. The maximum atomic E-state index is 11.3. The molecule has 0 radical (unpaired) electrons. The second kappa shape index (κ2) is 5.41. The number of rotatable bonds is 4. The van der Waals surface area contributed by atoms with E-state index in [2.05, 4.69) is 37.1 Å². The number of carboxylic acids is 1. The van der Waals surface area contributed by atoms with E-state index in [0.29, 0.717) is 12.5 Å². The van der Waals surface area contributed by atoms with E-state index in [0.717, 1.165) is 13.1 Å². The Balaban J connectivity index is 2.05. The van der Waals surface area contributed by atoms with Crippen LogP contribution in [0.5, 0.6) is 0 Å². The summed E-state index contributed by atoms with van der Waals surface area (Å²) in [6.45, 7) is 8.87. The average Bonchev–Trinajstić information content (AvgIpc) is 2.87. The van der Waals surface area contributed by atoms with Crippen LogP contribution in [0.1, 0.15) is 24.3 Å². The lowest BCUT2D eigenvalue weighted by Crippen LogP contribution is -2.25. The topological polar surface area (TPSA) is 40.5 Å². The lowest BCUT2D eigenvalue weighted by Gasteiger charge is -2.18. The molecule has 1 aliphatic heterocycles. The van der Waals surface area contributed by atoms with Gasteiger partial charge in [0.25, 0.3) is 0 Å². The monoisotopic (exact) mass is 267 g/mol. The summed E-state index contributed by atoms with van der Waals surface area (Å²) in [6, 6.07) is 2.13. The van der Waals surface area contributed by atoms with E-state index >= 15 is 0 Å². The number of aryl methyl sites for hydroxylation is 1. The number of likely N-dealkylation sites (tertiary alicyclic amines) is 1. The molecular formula is C14H21NO2S. The third kappa shape index (κ3) is 2.75. The second-order valence-corrected chi connectivity index (χ2v) is 6.57. The predicted octanol–water partition coefficient (Wildman–Crippen LogP) is 2.85. The summed E-state index contributed by atoms with van der Waals surface area (Å²) < 4.78 is 0. The molecule has 1 aromatic heterocycles. The molecule has 0 unspecified atom stereocenters. The SMILES string of the molecule is Cc1ccsc1CN1C[C@@H](C(=O)O)[C@H](C(C)C)C1. The van der Waals surface area contributed by atoms with E-state index < -0.39 is 5.97 Å². The van der Waals surface area contributed by atoms with Gasteiger partial charge in [-0.2, -0.15) is 0 Å². The molecule has 1 saturated heterocycles. The van der Waals surface area contributed by atoms with Crippen LogP contribution in [0.2, 0.25) is 0 Å². The van der Waals surface area contributed by atoms with Crippen LogP contribution >= 0.6 is 11.3 Å². The zero-order valence-electron chi connectivity index (χ0n) is 11.2. The summed E-state index contributed by atoms with van der Waals surface area (Å²) in [5.41, 5.74) is 1.32. The van der Waals surface area contributed by atoms with Crippen molar-refractivity contribution in [3.8, 4) is 0 Å². The first-order valence-electron chi connectivity index (χ1n) is 6.47. The Bertz CT molecular complexity index is 427. The fourth-order valence-corrected chi connectivity index (χ4v) is 3.70. The number of hydrogen-bond acceptors (Lipinski definition) is 3. The fraction of sp³-hybridized carbons (Fsp3) is 0.643. The van der Waals surface area contributed by atoms with E-state index in [4.69, 9.17) is 0 Å². The minimum atomic E-state index is -0.640. The minimum absolute atomic E-state index is 0.203. The lowest BCUT2D eigenvalue weighted by atomic mass is 9.86. The Kier molecular flexibility index (Phi) is 4.07. The molecule has 1 aromatic rings. The number of thiophene rings is 1. The van der Waals surface area contributed by atoms with Crippen LogP contribution in [0.4, 0.5) is 0 Å². The van der Waals surface area contributed by atoms with Crippen LogP contribution in [0.3, 0.4) is 0 Å². The van der Waals surface area contributed by atoms with Crippen molar-refractivity contribution < 1.29 is 9.90 Å². The summed E-state index contributed by atoms with van der Waals surface area (Å²) in [4.78, 5) is 15.0. The van der Waals surface area contributed by atoms with Crippen molar-refractivity contribution in [1.82, 2.24) is 4.90 Å². The van der Waals surface area contributed by atoms with Crippen molar-refractivity contribution in [3.05, 3.63) is 21.9 Å². The van der Waals surface area contributed by atoms with Crippen molar-refractivity contribution in [2.24, 2.45) is 17.8 Å². The van der Waals surface area contributed by atoms with Gasteiger partial charge in [0.15, 0.2) is 0 Å². The Labute approximate surface area is 112 Å². The molecule has 0 aliphatic carbocycles. The van der Waals surface area contributed by atoms with Crippen molar-refractivity contribution >= 4 is 17.3 Å². The summed E-state index contributed by atoms with van der Waals surface area (Å²) >= 11 is 1.77. The number of aliphatic carboxylic acids is 1. The molecule has 0 saturated carbocycles. The van der Waals surface area contributed by atoms with Gasteiger partial charge in [0.1, 0.15) is 0 Å². The minimum Gasteiger partial charge on any atom is -0.481 e. The molecule has 2 rings (SSSR count). The van der Waals surface area contributed by atoms with E-state index in [1.54, 1.807) is 11.3 Å².